The van der Waals surface area contributed by atoms with Crippen molar-refractivity contribution in [2.24, 2.45) is 5.92 Å². The third-order valence-electron chi connectivity index (χ3n) is 2.52. The lowest BCUT2D eigenvalue weighted by atomic mass is 9.96. The van der Waals surface area contributed by atoms with E-state index in [2.05, 4.69) is 0 Å². The molecule has 1 unspecified atom stereocenters. The summed E-state index contributed by atoms with van der Waals surface area (Å²) in [5.41, 5.74) is 0. The number of halogens is 5. The molecule has 0 saturated carbocycles. The molecule has 14 heavy (non-hydrogen) atoms. The molecule has 0 aliphatic carbocycles. The van der Waals surface area contributed by atoms with Crippen molar-refractivity contribution in [1.82, 2.24) is 4.90 Å². The zero-order valence-electron chi connectivity index (χ0n) is 7.53. The van der Waals surface area contributed by atoms with E-state index in [9.17, 15) is 22.0 Å². The van der Waals surface area contributed by atoms with Crippen molar-refractivity contribution in [2.45, 2.75) is 25.3 Å². The fourth-order valence-electron chi connectivity index (χ4n) is 1.60. The molecule has 0 radical (unpaired) electrons. The van der Waals surface area contributed by atoms with Crippen LogP contribution in [-0.2, 0) is 0 Å². The minimum Gasteiger partial charge on any atom is -0.272 e. The summed E-state index contributed by atoms with van der Waals surface area (Å²) >= 11 is 0. The first kappa shape index (κ1) is 11.7. The number of rotatable bonds is 2. The minimum absolute atomic E-state index is 0.0186. The molecule has 1 saturated heterocycles. The molecule has 0 aromatic carbocycles. The lowest BCUT2D eigenvalue weighted by Gasteiger charge is -2.33. The van der Waals surface area contributed by atoms with E-state index < -0.39 is 25.1 Å². The molecular weight excluding hydrogens is 205 g/mol. The Morgan fingerprint density at radius 3 is 2.07 bits per heavy atom. The maximum Gasteiger partial charge on any atom is 0.391 e. The van der Waals surface area contributed by atoms with Gasteiger partial charge in [-0.1, -0.05) is 0 Å². The highest BCUT2D eigenvalue weighted by Gasteiger charge is 2.41. The molecule has 0 spiro atoms. The van der Waals surface area contributed by atoms with E-state index in [0.717, 1.165) is 4.90 Å². The van der Waals surface area contributed by atoms with Gasteiger partial charge in [0, 0.05) is 13.1 Å². The summed E-state index contributed by atoms with van der Waals surface area (Å²) in [5, 5.41) is 0. The largest absolute Gasteiger partial charge is 0.391 e. The third kappa shape index (κ3) is 2.80. The summed E-state index contributed by atoms with van der Waals surface area (Å²) in [6.07, 6.45) is -6.22. The molecule has 1 rings (SSSR count). The summed E-state index contributed by atoms with van der Waals surface area (Å²) in [6, 6.07) is 0. The number of alkyl halides is 5. The van der Waals surface area contributed by atoms with Crippen LogP contribution >= 0.6 is 0 Å². The molecule has 0 N–H and O–H groups in total. The van der Waals surface area contributed by atoms with Crippen molar-refractivity contribution in [1.29, 1.82) is 0 Å². The van der Waals surface area contributed by atoms with Crippen LogP contribution in [-0.4, -0.2) is 37.1 Å². The predicted octanol–water partition coefficient (Wildman–Crippen LogP) is 2.53. The molecule has 0 aromatic heterocycles. The first-order valence-corrected chi connectivity index (χ1v) is 4.46. The van der Waals surface area contributed by atoms with Gasteiger partial charge in [0.1, 0.15) is 6.67 Å². The van der Waals surface area contributed by atoms with Crippen molar-refractivity contribution < 1.29 is 22.0 Å². The summed E-state index contributed by atoms with van der Waals surface area (Å²) in [5.74, 6) is -1.36. The maximum atomic E-state index is 12.7. The van der Waals surface area contributed by atoms with E-state index in [1.54, 1.807) is 0 Å². The summed E-state index contributed by atoms with van der Waals surface area (Å²) in [7, 11) is 0. The molecule has 0 aromatic rings. The Labute approximate surface area is 78.9 Å². The van der Waals surface area contributed by atoms with Crippen molar-refractivity contribution in [3.8, 4) is 0 Å². The molecule has 1 nitrogen and oxygen atoms in total. The van der Waals surface area contributed by atoms with Gasteiger partial charge in [-0.05, 0) is 12.8 Å². The number of piperidine rings is 1. The SMILES string of the molecule is FCC(F)N1CCC(C(F)(F)F)CC1. The van der Waals surface area contributed by atoms with Crippen LogP contribution in [0.3, 0.4) is 0 Å². The van der Waals surface area contributed by atoms with Gasteiger partial charge in [0.2, 0.25) is 0 Å². The standard InChI is InChI=1S/C8H12F5N/c9-5-7(10)14-3-1-6(2-4-14)8(11,12)13/h6-7H,1-5H2. The number of likely N-dealkylation sites (tertiary alicyclic amines) is 1. The Morgan fingerprint density at radius 2 is 1.71 bits per heavy atom. The fourth-order valence-corrected chi connectivity index (χ4v) is 1.60. The molecule has 1 fully saturated rings. The lowest BCUT2D eigenvalue weighted by molar-refractivity contribution is -0.188. The third-order valence-corrected chi connectivity index (χ3v) is 2.52. The highest BCUT2D eigenvalue weighted by molar-refractivity contribution is 4.78. The van der Waals surface area contributed by atoms with Gasteiger partial charge in [0.05, 0.1) is 5.92 Å². The van der Waals surface area contributed by atoms with E-state index in [1.165, 1.54) is 0 Å². The Kier molecular flexibility index (Phi) is 3.69. The summed E-state index contributed by atoms with van der Waals surface area (Å²) in [4.78, 5) is 1.11. The quantitative estimate of drug-likeness (QED) is 0.507. The maximum absolute atomic E-state index is 12.7. The van der Waals surface area contributed by atoms with Crippen LogP contribution in [0.1, 0.15) is 12.8 Å². The van der Waals surface area contributed by atoms with Crippen LogP contribution in [0, 0.1) is 5.92 Å². The zero-order valence-corrected chi connectivity index (χ0v) is 7.53. The average Bonchev–Trinajstić information content (AvgIpc) is 2.15. The molecule has 6 heteroatoms. The Balaban J connectivity index is 2.39. The highest BCUT2D eigenvalue weighted by Crippen LogP contribution is 2.34. The zero-order chi connectivity index (χ0) is 10.8. The Hall–Kier alpha value is -0.390. The first-order valence-electron chi connectivity index (χ1n) is 4.46. The van der Waals surface area contributed by atoms with Gasteiger partial charge in [-0.15, -0.1) is 0 Å². The minimum atomic E-state index is -4.20. The molecule has 1 heterocycles. The molecule has 0 amide bonds. The van der Waals surface area contributed by atoms with E-state index in [4.69, 9.17) is 0 Å². The number of nitrogens with zero attached hydrogens (tertiary/aromatic N) is 1. The number of hydrogen-bond donors (Lipinski definition) is 0. The molecular formula is C8H12F5N. The number of hydrogen-bond acceptors (Lipinski definition) is 1. The van der Waals surface area contributed by atoms with Crippen LogP contribution < -0.4 is 0 Å². The molecule has 1 aliphatic rings. The normalized spacial score (nSPS) is 23.8. The Bertz CT molecular complexity index is 173. The monoisotopic (exact) mass is 217 g/mol. The van der Waals surface area contributed by atoms with Crippen molar-refractivity contribution in [3.05, 3.63) is 0 Å². The lowest BCUT2D eigenvalue weighted by Crippen LogP contribution is -2.43. The first-order chi connectivity index (χ1) is 6.45. The second-order valence-corrected chi connectivity index (χ2v) is 3.44. The molecule has 1 atom stereocenters. The van der Waals surface area contributed by atoms with Crippen LogP contribution in [0.4, 0.5) is 22.0 Å². The van der Waals surface area contributed by atoms with Crippen molar-refractivity contribution in [3.63, 3.8) is 0 Å². The van der Waals surface area contributed by atoms with Gasteiger partial charge >= 0.3 is 6.18 Å². The van der Waals surface area contributed by atoms with Gasteiger partial charge in [0.15, 0.2) is 6.30 Å². The fraction of sp³-hybridized carbons (Fsp3) is 1.00. The Morgan fingerprint density at radius 1 is 1.21 bits per heavy atom. The average molecular weight is 217 g/mol. The van der Waals surface area contributed by atoms with Crippen LogP contribution in [0.5, 0.6) is 0 Å². The van der Waals surface area contributed by atoms with Crippen molar-refractivity contribution in [2.75, 3.05) is 19.8 Å². The second-order valence-electron chi connectivity index (χ2n) is 3.44. The molecule has 0 bridgehead atoms. The predicted molar refractivity (Wildman–Crippen MR) is 41.2 cm³/mol. The highest BCUT2D eigenvalue weighted by atomic mass is 19.4. The van der Waals surface area contributed by atoms with Gasteiger partial charge in [-0.25, -0.2) is 8.78 Å². The van der Waals surface area contributed by atoms with E-state index in [-0.39, 0.29) is 25.9 Å². The van der Waals surface area contributed by atoms with Gasteiger partial charge in [-0.2, -0.15) is 13.2 Å². The second kappa shape index (κ2) is 4.42. The summed E-state index contributed by atoms with van der Waals surface area (Å²) in [6.45, 7) is -1.19. The molecule has 1 aliphatic heterocycles. The molecule has 84 valence electrons. The van der Waals surface area contributed by atoms with Gasteiger partial charge in [0.25, 0.3) is 0 Å². The smallest absolute Gasteiger partial charge is 0.272 e. The summed E-state index contributed by atoms with van der Waals surface area (Å²) < 4.78 is 61.1. The van der Waals surface area contributed by atoms with Gasteiger partial charge in [-0.3, -0.25) is 4.90 Å². The van der Waals surface area contributed by atoms with Crippen LogP contribution in [0.25, 0.3) is 0 Å². The van der Waals surface area contributed by atoms with Crippen molar-refractivity contribution >= 4 is 0 Å². The van der Waals surface area contributed by atoms with E-state index >= 15 is 0 Å². The van der Waals surface area contributed by atoms with E-state index in [0.29, 0.717) is 0 Å². The topological polar surface area (TPSA) is 3.24 Å². The van der Waals surface area contributed by atoms with Crippen LogP contribution in [0.2, 0.25) is 0 Å². The van der Waals surface area contributed by atoms with Crippen LogP contribution in [0.15, 0.2) is 0 Å². The van der Waals surface area contributed by atoms with Gasteiger partial charge < -0.3 is 0 Å². The van der Waals surface area contributed by atoms with E-state index in [1.807, 2.05) is 0 Å².